The second-order valence-corrected chi connectivity index (χ2v) is 18.4. The lowest BCUT2D eigenvalue weighted by atomic mass is 9.77. The van der Waals surface area contributed by atoms with E-state index in [0.29, 0.717) is 26.4 Å². The number of rotatable bonds is 40. The first-order valence-corrected chi connectivity index (χ1v) is 24.8. The number of aliphatic hydroxyl groups is 3. The lowest BCUT2D eigenvalue weighted by Crippen LogP contribution is -2.29. The quantitative estimate of drug-likeness (QED) is 0.0196. The van der Waals surface area contributed by atoms with Gasteiger partial charge in [-0.15, -0.1) is 24.0 Å². The third-order valence-electron chi connectivity index (χ3n) is 10.8. The Labute approximate surface area is 395 Å². The highest BCUT2D eigenvalue weighted by Gasteiger charge is 2.27. The molecule has 0 aliphatic rings. The van der Waals surface area contributed by atoms with Crippen molar-refractivity contribution in [2.45, 2.75) is 246 Å². The summed E-state index contributed by atoms with van der Waals surface area (Å²) >= 11 is 0. The zero-order valence-electron chi connectivity index (χ0n) is 40.3. The Kier molecular flexibility index (Phi) is 51.4. The highest BCUT2D eigenvalue weighted by atomic mass is 127. The van der Waals surface area contributed by atoms with Gasteiger partial charge in [0.05, 0.1) is 18.8 Å². The molecule has 0 saturated carbocycles. The van der Waals surface area contributed by atoms with E-state index in [2.05, 4.69) is 30.5 Å². The van der Waals surface area contributed by atoms with E-state index in [9.17, 15) is 9.90 Å². The predicted molar refractivity (Wildman–Crippen MR) is 271 cm³/mol. The van der Waals surface area contributed by atoms with Gasteiger partial charge in [-0.25, -0.2) is 9.79 Å². The highest BCUT2D eigenvalue weighted by Crippen LogP contribution is 2.32. The zero-order chi connectivity index (χ0) is 44.7. The van der Waals surface area contributed by atoms with Gasteiger partial charge in [0.2, 0.25) is 6.08 Å². The monoisotopic (exact) mass is 975 g/mol. The Balaban J connectivity index is -0.000000438. The van der Waals surface area contributed by atoms with Crippen molar-refractivity contribution in [3.05, 3.63) is 29.8 Å². The number of aliphatic hydroxyl groups excluding tert-OH is 2. The molecular weight excluding hydrogens is 875 g/mol. The van der Waals surface area contributed by atoms with Gasteiger partial charge in [-0.2, -0.15) is 5.26 Å². The molecule has 1 aromatic carbocycles. The first kappa shape index (κ1) is 63.6. The topological polar surface area (TPSA) is 132 Å². The largest absolute Gasteiger partial charge is 0.491 e. The molecule has 0 spiro atoms. The molecule has 8 nitrogen and oxygen atoms in total. The van der Waals surface area contributed by atoms with Crippen LogP contribution in [-0.4, -0.2) is 60.0 Å². The minimum atomic E-state index is -0.645. The maximum absolute atomic E-state index is 9.93. The SMILES string of the molecule is CC(C)(O)CC(C)(C)Cc1ccc(OCCO)cc1.CCCCCCCCCCCCCCCCCCCCCCCCCCCCO.I.N#COCCCCCCN=C=O.[HH]. The minimum Gasteiger partial charge on any atom is -0.491 e. The van der Waals surface area contributed by atoms with Gasteiger partial charge in [0.15, 0.2) is 0 Å². The number of carbonyl (C=O) groups excluding carboxylic acids is 1. The van der Waals surface area contributed by atoms with Crippen LogP contribution in [0, 0.1) is 16.9 Å². The standard InChI is InChI=1S/C28H58O.C16H26O3.C8H12N2O2.HI.H2/c1-2-3-4-5-6-7-8-9-10-11-12-13-14-15-16-17-18-19-20-21-22-23-24-25-26-27-28-29;1-15(2,12-16(3,4)18)11-13-5-7-14(8-6-13)19-10-9-17;9-7-12-6-4-2-1-3-5-10-8-11;;/h29H,2-28H2,1H3;5-8,17-18H,9-12H2,1-4H3;1-6H2;2*1H. The molecule has 3 N–H and O–H groups in total. The van der Waals surface area contributed by atoms with E-state index in [1.807, 2.05) is 38.1 Å². The van der Waals surface area contributed by atoms with Gasteiger partial charge in [0.25, 0.3) is 6.26 Å². The Bertz CT molecular complexity index is 1080. The minimum absolute atomic E-state index is 0. The summed E-state index contributed by atoms with van der Waals surface area (Å²) in [5.41, 5.74) is 0.630. The molecular formula is C52H99IN2O6. The molecule has 0 bridgehead atoms. The van der Waals surface area contributed by atoms with Crippen LogP contribution in [0.4, 0.5) is 0 Å². The van der Waals surface area contributed by atoms with Crippen LogP contribution in [0.1, 0.15) is 241 Å². The maximum atomic E-state index is 9.93. The van der Waals surface area contributed by atoms with Crippen molar-refractivity contribution in [3.8, 4) is 12.0 Å². The van der Waals surface area contributed by atoms with Crippen molar-refractivity contribution < 1.29 is 31.0 Å². The average Bonchev–Trinajstić information content (AvgIpc) is 3.21. The molecule has 0 aliphatic heterocycles. The van der Waals surface area contributed by atoms with Crippen molar-refractivity contribution in [2.75, 3.05) is 33.0 Å². The van der Waals surface area contributed by atoms with E-state index in [1.54, 1.807) is 6.26 Å². The predicted octanol–water partition coefficient (Wildman–Crippen LogP) is 15.2. The van der Waals surface area contributed by atoms with Crippen LogP contribution < -0.4 is 4.74 Å². The summed E-state index contributed by atoms with van der Waals surface area (Å²) in [4.78, 5) is 13.0. The van der Waals surface area contributed by atoms with Crippen molar-refractivity contribution in [3.63, 3.8) is 0 Å². The molecule has 360 valence electrons. The number of hydrogen-bond acceptors (Lipinski definition) is 8. The lowest BCUT2D eigenvalue weighted by Gasteiger charge is -2.31. The summed E-state index contributed by atoms with van der Waals surface area (Å²) in [6.45, 7) is 12.1. The number of benzene rings is 1. The molecule has 0 radical (unpaired) electrons. The third-order valence-corrected chi connectivity index (χ3v) is 10.8. The average molecular weight is 975 g/mol. The van der Waals surface area contributed by atoms with Crippen LogP contribution in [-0.2, 0) is 16.0 Å². The molecule has 1 aromatic rings. The molecule has 9 heteroatoms. The van der Waals surface area contributed by atoms with E-state index >= 15 is 0 Å². The van der Waals surface area contributed by atoms with Gasteiger partial charge in [-0.05, 0) is 75.5 Å². The fourth-order valence-corrected chi connectivity index (χ4v) is 7.89. The van der Waals surface area contributed by atoms with Crippen LogP contribution in [0.15, 0.2) is 29.3 Å². The molecule has 0 heterocycles. The Morgan fingerprint density at radius 3 is 1.34 bits per heavy atom. The van der Waals surface area contributed by atoms with E-state index in [0.717, 1.165) is 50.7 Å². The van der Waals surface area contributed by atoms with E-state index in [-0.39, 0.29) is 37.4 Å². The molecule has 61 heavy (non-hydrogen) atoms. The fraction of sp³-hybridized carbons (Fsp3) is 0.846. The normalized spacial score (nSPS) is 10.9. The van der Waals surface area contributed by atoms with E-state index in [4.69, 9.17) is 20.2 Å². The summed E-state index contributed by atoms with van der Waals surface area (Å²) < 4.78 is 9.81. The first-order valence-electron chi connectivity index (χ1n) is 24.8. The van der Waals surface area contributed by atoms with Gasteiger partial charge < -0.3 is 24.8 Å². The number of nitrogens with zero attached hydrogens (tertiary/aromatic N) is 2. The van der Waals surface area contributed by atoms with Gasteiger partial charge >= 0.3 is 0 Å². The Morgan fingerprint density at radius 2 is 0.984 bits per heavy atom. The zero-order valence-corrected chi connectivity index (χ0v) is 42.7. The van der Waals surface area contributed by atoms with Crippen molar-refractivity contribution in [2.24, 2.45) is 10.4 Å². The number of hydrogen-bond donors (Lipinski definition) is 3. The second-order valence-electron chi connectivity index (χ2n) is 18.4. The van der Waals surface area contributed by atoms with Gasteiger partial charge in [0.1, 0.15) is 19.0 Å². The summed E-state index contributed by atoms with van der Waals surface area (Å²) in [6.07, 6.45) is 45.7. The molecule has 1 rings (SSSR count). The number of ether oxygens (including phenoxy) is 2. The number of unbranched alkanes of at least 4 members (excludes halogenated alkanes) is 28. The highest BCUT2D eigenvalue weighted by molar-refractivity contribution is 14.0. The first-order chi connectivity index (χ1) is 29.0. The summed E-state index contributed by atoms with van der Waals surface area (Å²) in [7, 11) is 0. The van der Waals surface area contributed by atoms with Crippen LogP contribution in [0.5, 0.6) is 5.75 Å². The number of halogens is 1. The number of nitriles is 1. The van der Waals surface area contributed by atoms with Crippen LogP contribution in [0.25, 0.3) is 0 Å². The molecule has 0 aliphatic carbocycles. The Hall–Kier alpha value is -1.70. The molecule has 0 amide bonds. The van der Waals surface area contributed by atoms with Gasteiger partial charge in [0, 0.05) is 8.03 Å². The molecule has 0 saturated heterocycles. The Morgan fingerprint density at radius 1 is 0.590 bits per heavy atom. The van der Waals surface area contributed by atoms with E-state index < -0.39 is 5.60 Å². The fourth-order valence-electron chi connectivity index (χ4n) is 7.89. The summed E-state index contributed by atoms with van der Waals surface area (Å²) in [6, 6.07) is 7.92. The van der Waals surface area contributed by atoms with E-state index in [1.165, 1.54) is 172 Å². The van der Waals surface area contributed by atoms with Crippen LogP contribution in [0.3, 0.4) is 0 Å². The number of aliphatic imine (C=N–C) groups is 1. The van der Waals surface area contributed by atoms with Crippen molar-refractivity contribution in [1.29, 1.82) is 5.26 Å². The lowest BCUT2D eigenvalue weighted by molar-refractivity contribution is 0.0320. The molecule has 0 fully saturated rings. The molecule has 0 atom stereocenters. The van der Waals surface area contributed by atoms with Crippen LogP contribution >= 0.6 is 24.0 Å². The second kappa shape index (κ2) is 49.3. The van der Waals surface area contributed by atoms with Crippen molar-refractivity contribution in [1.82, 2.24) is 0 Å². The van der Waals surface area contributed by atoms with Gasteiger partial charge in [-0.1, -0.05) is 200 Å². The number of isocyanates is 1. The maximum Gasteiger partial charge on any atom is 0.286 e. The van der Waals surface area contributed by atoms with Crippen LogP contribution in [0.2, 0.25) is 0 Å². The third kappa shape index (κ3) is 54.4. The smallest absolute Gasteiger partial charge is 0.286 e. The summed E-state index contributed by atoms with van der Waals surface area (Å²) in [5, 5.41) is 35.4. The summed E-state index contributed by atoms with van der Waals surface area (Å²) in [5.74, 6) is 0.776. The van der Waals surface area contributed by atoms with Gasteiger partial charge in [-0.3, -0.25) is 0 Å². The van der Waals surface area contributed by atoms with Crippen molar-refractivity contribution >= 4 is 30.1 Å². The molecule has 0 unspecified atom stereocenters. The molecule has 0 aromatic heterocycles.